The van der Waals surface area contributed by atoms with Crippen molar-refractivity contribution >= 4 is 23.5 Å². The molecule has 4 amide bonds. The molecule has 9 nitrogen and oxygen atoms in total. The highest BCUT2D eigenvalue weighted by Crippen LogP contribution is 2.32. The number of amides is 4. The first-order valence-electron chi connectivity index (χ1n) is 8.51. The van der Waals surface area contributed by atoms with Crippen LogP contribution in [0.2, 0.25) is 0 Å². The number of hydrogen-bond acceptors (Lipinski definition) is 7. The van der Waals surface area contributed by atoms with Crippen LogP contribution < -0.4 is 9.64 Å². The Kier molecular flexibility index (Phi) is 4.40. The van der Waals surface area contributed by atoms with Crippen molar-refractivity contribution < 1.29 is 28.1 Å². The van der Waals surface area contributed by atoms with Crippen LogP contribution in [0.3, 0.4) is 0 Å². The molecular weight excluding hydrogens is 366 g/mol. The highest BCUT2D eigenvalue weighted by molar-refractivity contribution is 6.52. The molecule has 1 aromatic carbocycles. The van der Waals surface area contributed by atoms with Gasteiger partial charge in [-0.2, -0.15) is 0 Å². The molecule has 1 saturated heterocycles. The average molecular weight is 381 g/mol. The van der Waals surface area contributed by atoms with Gasteiger partial charge in [0, 0.05) is 6.07 Å². The summed E-state index contributed by atoms with van der Waals surface area (Å²) in [6.45, 7) is 1.92. The van der Waals surface area contributed by atoms with Gasteiger partial charge in [0.25, 0.3) is 0 Å². The summed E-state index contributed by atoms with van der Waals surface area (Å²) in [6.07, 6.45) is 1.48. The first-order valence-corrected chi connectivity index (χ1v) is 8.51. The van der Waals surface area contributed by atoms with Crippen molar-refractivity contribution in [3.63, 3.8) is 0 Å². The van der Waals surface area contributed by atoms with E-state index in [2.05, 4.69) is 5.16 Å². The van der Waals surface area contributed by atoms with Gasteiger partial charge in [0.1, 0.15) is 11.4 Å². The first kappa shape index (κ1) is 17.5. The highest BCUT2D eigenvalue weighted by Gasteiger charge is 2.46. The summed E-state index contributed by atoms with van der Waals surface area (Å²) in [6, 6.07) is 10.7. The van der Waals surface area contributed by atoms with Gasteiger partial charge in [0.15, 0.2) is 5.76 Å². The van der Waals surface area contributed by atoms with Crippen molar-refractivity contribution in [1.29, 1.82) is 0 Å². The second-order valence-corrected chi connectivity index (χ2v) is 5.87. The van der Waals surface area contributed by atoms with Gasteiger partial charge in [-0.05, 0) is 31.2 Å². The molecule has 0 bridgehead atoms. The zero-order chi connectivity index (χ0) is 19.7. The quantitative estimate of drug-likeness (QED) is 0.477. The molecule has 1 fully saturated rings. The van der Waals surface area contributed by atoms with Crippen LogP contribution in [0.25, 0.3) is 11.5 Å². The number of benzene rings is 1. The number of furan rings is 1. The monoisotopic (exact) mass is 381 g/mol. The second kappa shape index (κ2) is 7.03. The lowest BCUT2D eigenvalue weighted by atomic mass is 10.2. The predicted octanol–water partition coefficient (Wildman–Crippen LogP) is 2.83. The average Bonchev–Trinajstić information content (AvgIpc) is 3.42. The van der Waals surface area contributed by atoms with Gasteiger partial charge in [0.05, 0.1) is 25.1 Å². The molecule has 4 rings (SSSR count). The maximum absolute atomic E-state index is 12.8. The third-order valence-electron chi connectivity index (χ3n) is 4.10. The van der Waals surface area contributed by atoms with Crippen molar-refractivity contribution in [1.82, 2.24) is 10.1 Å². The van der Waals surface area contributed by atoms with Gasteiger partial charge in [-0.15, -0.1) is 0 Å². The molecule has 0 N–H and O–H groups in total. The van der Waals surface area contributed by atoms with E-state index in [1.54, 1.807) is 49.4 Å². The smallest absolute Gasteiger partial charge is 0.339 e. The van der Waals surface area contributed by atoms with Crippen molar-refractivity contribution in [2.45, 2.75) is 13.5 Å². The fraction of sp³-hybridized carbons (Fsp3) is 0.158. The van der Waals surface area contributed by atoms with Crippen LogP contribution in [0.4, 0.5) is 10.5 Å². The lowest BCUT2D eigenvalue weighted by Crippen LogP contribution is -2.33. The van der Waals surface area contributed by atoms with Crippen molar-refractivity contribution in [3.8, 4) is 17.3 Å². The lowest BCUT2D eigenvalue weighted by molar-refractivity contribution is -0.139. The molecule has 1 aliphatic rings. The summed E-state index contributed by atoms with van der Waals surface area (Å²) in [4.78, 5) is 39.3. The maximum Gasteiger partial charge on any atom is 0.339 e. The molecule has 0 radical (unpaired) electrons. The molecule has 1 aliphatic heterocycles. The molecule has 0 spiro atoms. The van der Waals surface area contributed by atoms with Gasteiger partial charge in [-0.1, -0.05) is 17.3 Å². The number of nitrogens with zero attached hydrogens (tertiary/aromatic N) is 3. The second-order valence-electron chi connectivity index (χ2n) is 5.87. The molecule has 0 atom stereocenters. The zero-order valence-electron chi connectivity index (χ0n) is 14.8. The molecule has 0 aliphatic carbocycles. The van der Waals surface area contributed by atoms with Gasteiger partial charge in [-0.3, -0.25) is 9.59 Å². The Hall–Kier alpha value is -3.88. The van der Waals surface area contributed by atoms with Crippen LogP contribution in [0.1, 0.15) is 12.6 Å². The fourth-order valence-corrected chi connectivity index (χ4v) is 2.86. The Bertz CT molecular complexity index is 1040. The Labute approximate surface area is 159 Å². The van der Waals surface area contributed by atoms with E-state index < -0.39 is 17.8 Å². The number of hydrogen-bond donors (Lipinski definition) is 0. The Morgan fingerprint density at radius 3 is 2.61 bits per heavy atom. The lowest BCUT2D eigenvalue weighted by Gasteiger charge is -2.17. The number of aromatic nitrogens is 1. The maximum atomic E-state index is 12.8. The van der Waals surface area contributed by atoms with Gasteiger partial charge in [-0.25, -0.2) is 14.6 Å². The minimum absolute atomic E-state index is 0.207. The molecule has 28 heavy (non-hydrogen) atoms. The number of carbonyl (C=O) groups is 3. The van der Waals surface area contributed by atoms with Crippen molar-refractivity contribution in [3.05, 3.63) is 54.4 Å². The van der Waals surface area contributed by atoms with Gasteiger partial charge < -0.3 is 13.7 Å². The Balaban J connectivity index is 1.59. The summed E-state index contributed by atoms with van der Waals surface area (Å²) in [7, 11) is 0. The number of imide groups is 2. The van der Waals surface area contributed by atoms with E-state index in [1.807, 2.05) is 0 Å². The SMILES string of the molecule is CCOc1ccccc1N1C(=O)C(=O)N(Cc2cc(-c3ccco3)on2)C1=O. The fourth-order valence-electron chi connectivity index (χ4n) is 2.86. The van der Waals surface area contributed by atoms with Gasteiger partial charge in [0.2, 0.25) is 5.76 Å². The molecule has 3 heterocycles. The van der Waals surface area contributed by atoms with Crippen molar-refractivity contribution in [2.75, 3.05) is 11.5 Å². The number of para-hydroxylation sites is 2. The molecule has 0 unspecified atom stereocenters. The topological polar surface area (TPSA) is 106 Å². The van der Waals surface area contributed by atoms with Crippen molar-refractivity contribution in [2.24, 2.45) is 0 Å². The number of carbonyl (C=O) groups excluding carboxylic acids is 3. The summed E-state index contributed by atoms with van der Waals surface area (Å²) in [5, 5.41) is 3.84. The Morgan fingerprint density at radius 1 is 1.04 bits per heavy atom. The van der Waals surface area contributed by atoms with E-state index in [-0.39, 0.29) is 12.2 Å². The molecular formula is C19H15N3O6. The van der Waals surface area contributed by atoms with Crippen LogP contribution in [0.5, 0.6) is 5.75 Å². The number of anilines is 1. The van der Waals surface area contributed by atoms with E-state index >= 15 is 0 Å². The molecule has 2 aromatic heterocycles. The summed E-state index contributed by atoms with van der Waals surface area (Å²) in [5.41, 5.74) is 0.521. The predicted molar refractivity (Wildman–Crippen MR) is 95.2 cm³/mol. The molecule has 3 aromatic rings. The molecule has 0 saturated carbocycles. The van der Waals surface area contributed by atoms with Crippen LogP contribution in [-0.2, 0) is 16.1 Å². The number of rotatable bonds is 6. The summed E-state index contributed by atoms with van der Waals surface area (Å²) < 4.78 is 15.8. The number of urea groups is 1. The van der Waals surface area contributed by atoms with Gasteiger partial charge >= 0.3 is 17.8 Å². The van der Waals surface area contributed by atoms with E-state index in [1.165, 1.54) is 6.26 Å². The van der Waals surface area contributed by atoms with E-state index in [0.29, 0.717) is 29.6 Å². The molecule has 142 valence electrons. The minimum atomic E-state index is -0.952. The van der Waals surface area contributed by atoms with E-state index in [0.717, 1.165) is 9.80 Å². The van der Waals surface area contributed by atoms with Crippen LogP contribution >= 0.6 is 0 Å². The molecule has 9 heteroatoms. The van der Waals surface area contributed by atoms with E-state index in [4.69, 9.17) is 13.7 Å². The van der Waals surface area contributed by atoms with E-state index in [9.17, 15) is 14.4 Å². The Morgan fingerprint density at radius 2 is 1.86 bits per heavy atom. The largest absolute Gasteiger partial charge is 0.492 e. The van der Waals surface area contributed by atoms with Crippen LogP contribution in [0.15, 0.2) is 57.7 Å². The summed E-state index contributed by atoms with van der Waals surface area (Å²) >= 11 is 0. The minimum Gasteiger partial charge on any atom is -0.492 e. The summed E-state index contributed by atoms with van der Waals surface area (Å²) in [5.74, 6) is -0.751. The normalized spacial score (nSPS) is 14.2. The van der Waals surface area contributed by atoms with Crippen LogP contribution in [0, 0.1) is 0 Å². The first-order chi connectivity index (χ1) is 13.6. The van der Waals surface area contributed by atoms with Crippen LogP contribution in [-0.4, -0.2) is 34.5 Å². The third kappa shape index (κ3) is 2.92. The third-order valence-corrected chi connectivity index (χ3v) is 4.10. The highest BCUT2D eigenvalue weighted by atomic mass is 16.5. The standard InChI is InChI=1S/C19H15N3O6/c1-2-26-14-7-4-3-6-13(14)22-18(24)17(23)21(19(22)25)11-12-10-16(28-20-12)15-8-5-9-27-15/h3-10H,2,11H2,1H3. The number of ether oxygens (including phenoxy) is 1. The zero-order valence-corrected chi connectivity index (χ0v) is 14.8.